The maximum absolute atomic E-state index is 12.6. The Morgan fingerprint density at radius 1 is 1.29 bits per heavy atom. The highest BCUT2D eigenvalue weighted by Gasteiger charge is 2.33. The van der Waals surface area contributed by atoms with E-state index in [1.54, 1.807) is 37.7 Å². The fourth-order valence-corrected chi connectivity index (χ4v) is 2.56. The van der Waals surface area contributed by atoms with Gasteiger partial charge in [0.15, 0.2) is 0 Å². The van der Waals surface area contributed by atoms with Crippen LogP contribution in [0.2, 0.25) is 0 Å². The van der Waals surface area contributed by atoms with E-state index in [9.17, 15) is 4.79 Å². The SMILES string of the molecule is COc1cc(Nc2ncccn2)ccc1C(=O)N1CC(N(C)C)C1. The van der Waals surface area contributed by atoms with E-state index < -0.39 is 0 Å². The van der Waals surface area contributed by atoms with Gasteiger partial charge in [0.25, 0.3) is 5.91 Å². The molecule has 2 aromatic rings. The molecule has 126 valence electrons. The van der Waals surface area contributed by atoms with Gasteiger partial charge in [-0.2, -0.15) is 0 Å². The minimum absolute atomic E-state index is 0.00698. The van der Waals surface area contributed by atoms with Gasteiger partial charge in [-0.15, -0.1) is 0 Å². The molecule has 0 radical (unpaired) electrons. The number of hydrogen-bond donors (Lipinski definition) is 1. The van der Waals surface area contributed by atoms with Gasteiger partial charge in [0.1, 0.15) is 5.75 Å². The fourth-order valence-electron chi connectivity index (χ4n) is 2.56. The van der Waals surface area contributed by atoms with Crippen molar-refractivity contribution < 1.29 is 9.53 Å². The topological polar surface area (TPSA) is 70.6 Å². The number of hydrogen-bond acceptors (Lipinski definition) is 6. The van der Waals surface area contributed by atoms with Crippen LogP contribution in [-0.2, 0) is 0 Å². The lowest BCUT2D eigenvalue weighted by molar-refractivity contribution is 0.0396. The molecule has 7 nitrogen and oxygen atoms in total. The fraction of sp³-hybridized carbons (Fsp3) is 0.353. The van der Waals surface area contributed by atoms with Crippen molar-refractivity contribution in [1.82, 2.24) is 19.8 Å². The average Bonchev–Trinajstić information content (AvgIpc) is 2.53. The Kier molecular flexibility index (Phi) is 4.61. The van der Waals surface area contributed by atoms with Crippen LogP contribution >= 0.6 is 0 Å². The smallest absolute Gasteiger partial charge is 0.257 e. The minimum Gasteiger partial charge on any atom is -0.496 e. The molecule has 1 amide bonds. The third kappa shape index (κ3) is 3.30. The van der Waals surface area contributed by atoms with Gasteiger partial charge >= 0.3 is 0 Å². The summed E-state index contributed by atoms with van der Waals surface area (Å²) in [6.07, 6.45) is 3.32. The van der Waals surface area contributed by atoms with E-state index in [4.69, 9.17) is 4.74 Å². The number of nitrogens with zero attached hydrogens (tertiary/aromatic N) is 4. The van der Waals surface area contributed by atoms with Crippen molar-refractivity contribution in [2.24, 2.45) is 0 Å². The van der Waals surface area contributed by atoms with Crippen molar-refractivity contribution >= 4 is 17.5 Å². The van der Waals surface area contributed by atoms with Gasteiger partial charge in [-0.3, -0.25) is 4.79 Å². The van der Waals surface area contributed by atoms with E-state index in [2.05, 4.69) is 20.2 Å². The summed E-state index contributed by atoms with van der Waals surface area (Å²) in [5.41, 5.74) is 1.33. The number of benzene rings is 1. The normalized spacial score (nSPS) is 14.4. The van der Waals surface area contributed by atoms with Crippen molar-refractivity contribution in [2.75, 3.05) is 39.6 Å². The van der Waals surface area contributed by atoms with Crippen molar-refractivity contribution in [1.29, 1.82) is 0 Å². The number of likely N-dealkylation sites (N-methyl/N-ethyl adjacent to an activating group) is 1. The molecule has 2 heterocycles. The Hall–Kier alpha value is -2.67. The molecule has 0 bridgehead atoms. The van der Waals surface area contributed by atoms with Crippen LogP contribution in [0.25, 0.3) is 0 Å². The molecule has 1 aromatic carbocycles. The summed E-state index contributed by atoms with van der Waals surface area (Å²) in [6.45, 7) is 1.49. The first-order valence-electron chi connectivity index (χ1n) is 7.76. The zero-order valence-electron chi connectivity index (χ0n) is 14.1. The van der Waals surface area contributed by atoms with Crippen molar-refractivity contribution in [3.05, 3.63) is 42.2 Å². The Labute approximate surface area is 141 Å². The molecule has 24 heavy (non-hydrogen) atoms. The summed E-state index contributed by atoms with van der Waals surface area (Å²) in [4.78, 5) is 24.8. The second-order valence-corrected chi connectivity index (χ2v) is 5.94. The second kappa shape index (κ2) is 6.84. The molecule has 3 rings (SSSR count). The highest BCUT2D eigenvalue weighted by molar-refractivity contribution is 5.98. The quantitative estimate of drug-likeness (QED) is 0.900. The van der Waals surface area contributed by atoms with Crippen LogP contribution in [0.5, 0.6) is 5.75 Å². The molecule has 0 atom stereocenters. The Bertz CT molecular complexity index is 714. The lowest BCUT2D eigenvalue weighted by atomic mass is 10.0. The minimum atomic E-state index is -0.00698. The molecular weight excluding hydrogens is 306 g/mol. The van der Waals surface area contributed by atoms with E-state index >= 15 is 0 Å². The predicted molar refractivity (Wildman–Crippen MR) is 91.7 cm³/mol. The number of anilines is 2. The van der Waals surface area contributed by atoms with Crippen LogP contribution in [0.3, 0.4) is 0 Å². The van der Waals surface area contributed by atoms with Gasteiger partial charge in [0, 0.05) is 43.3 Å². The Balaban J connectivity index is 1.74. The number of amides is 1. The van der Waals surface area contributed by atoms with Gasteiger partial charge < -0.3 is 19.9 Å². The number of nitrogens with one attached hydrogen (secondary N) is 1. The molecule has 1 fully saturated rings. The summed E-state index contributed by atoms with van der Waals surface area (Å²) >= 11 is 0. The number of methoxy groups -OCH3 is 1. The first kappa shape index (κ1) is 16.2. The maximum atomic E-state index is 12.6. The van der Waals surface area contributed by atoms with Crippen LogP contribution in [-0.4, -0.2) is 66.0 Å². The van der Waals surface area contributed by atoms with Crippen LogP contribution in [0.15, 0.2) is 36.7 Å². The summed E-state index contributed by atoms with van der Waals surface area (Å²) in [6, 6.07) is 7.57. The van der Waals surface area contributed by atoms with Crippen molar-refractivity contribution in [3.63, 3.8) is 0 Å². The zero-order valence-corrected chi connectivity index (χ0v) is 14.1. The number of aromatic nitrogens is 2. The van der Waals surface area contributed by atoms with Crippen LogP contribution in [0.4, 0.5) is 11.6 Å². The molecule has 1 aliphatic heterocycles. The average molecular weight is 327 g/mol. The second-order valence-electron chi connectivity index (χ2n) is 5.94. The van der Waals surface area contributed by atoms with Crippen LogP contribution in [0.1, 0.15) is 10.4 Å². The van der Waals surface area contributed by atoms with Crippen LogP contribution in [0, 0.1) is 0 Å². The van der Waals surface area contributed by atoms with E-state index in [0.29, 0.717) is 23.3 Å². The molecule has 0 unspecified atom stereocenters. The summed E-state index contributed by atoms with van der Waals surface area (Å²) in [5, 5.41) is 3.09. The number of carbonyl (C=O) groups excluding carboxylic acids is 1. The third-order valence-electron chi connectivity index (χ3n) is 4.13. The Morgan fingerprint density at radius 2 is 2.00 bits per heavy atom. The zero-order chi connectivity index (χ0) is 17.1. The third-order valence-corrected chi connectivity index (χ3v) is 4.13. The van der Waals surface area contributed by atoms with E-state index in [0.717, 1.165) is 18.8 Å². The molecule has 1 aliphatic rings. The van der Waals surface area contributed by atoms with E-state index in [-0.39, 0.29) is 5.91 Å². The first-order chi connectivity index (χ1) is 11.6. The first-order valence-corrected chi connectivity index (χ1v) is 7.76. The van der Waals surface area contributed by atoms with Gasteiger partial charge in [0.05, 0.1) is 12.7 Å². The van der Waals surface area contributed by atoms with Gasteiger partial charge in [-0.25, -0.2) is 9.97 Å². The highest BCUT2D eigenvalue weighted by atomic mass is 16.5. The van der Waals surface area contributed by atoms with Gasteiger partial charge in [-0.1, -0.05) is 0 Å². The lowest BCUT2D eigenvalue weighted by Gasteiger charge is -2.42. The number of carbonyl (C=O) groups is 1. The predicted octanol–water partition coefficient (Wildman–Crippen LogP) is 1.61. The summed E-state index contributed by atoms with van der Waals surface area (Å²) in [7, 11) is 5.62. The molecule has 0 saturated carbocycles. The van der Waals surface area contributed by atoms with Gasteiger partial charge in [0.2, 0.25) is 5.95 Å². The number of ether oxygens (including phenoxy) is 1. The Morgan fingerprint density at radius 3 is 2.62 bits per heavy atom. The molecule has 7 heteroatoms. The van der Waals surface area contributed by atoms with Gasteiger partial charge in [-0.05, 0) is 32.3 Å². The monoisotopic (exact) mass is 327 g/mol. The molecule has 1 N–H and O–H groups in total. The molecule has 0 spiro atoms. The number of rotatable bonds is 5. The summed E-state index contributed by atoms with van der Waals surface area (Å²) < 4.78 is 5.40. The van der Waals surface area contributed by atoms with Crippen molar-refractivity contribution in [3.8, 4) is 5.75 Å². The largest absolute Gasteiger partial charge is 0.496 e. The van der Waals surface area contributed by atoms with Crippen molar-refractivity contribution in [2.45, 2.75) is 6.04 Å². The molecule has 1 aromatic heterocycles. The number of likely N-dealkylation sites (tertiary alicyclic amines) is 1. The maximum Gasteiger partial charge on any atom is 0.257 e. The van der Waals surface area contributed by atoms with Crippen LogP contribution < -0.4 is 10.1 Å². The molecular formula is C17H21N5O2. The van der Waals surface area contributed by atoms with E-state index in [1.807, 2.05) is 25.1 Å². The summed E-state index contributed by atoms with van der Waals surface area (Å²) in [5.74, 6) is 1.02. The van der Waals surface area contributed by atoms with E-state index in [1.165, 1.54) is 0 Å². The highest BCUT2D eigenvalue weighted by Crippen LogP contribution is 2.27. The lowest BCUT2D eigenvalue weighted by Crippen LogP contribution is -2.59. The molecule has 1 saturated heterocycles. The molecule has 0 aliphatic carbocycles. The standard InChI is InChI=1S/C17H21N5O2/c1-21(2)13-10-22(11-13)16(23)14-6-5-12(9-15(14)24-3)20-17-18-7-4-8-19-17/h4-9,13H,10-11H2,1-3H3,(H,18,19,20).